The molecule has 1 aliphatic heterocycles. The van der Waals surface area contributed by atoms with Crippen LogP contribution >= 0.6 is 39.5 Å². The smallest absolute Gasteiger partial charge is 0.145 e. The molecule has 3 unspecified atom stereocenters. The molecule has 0 spiro atoms. The summed E-state index contributed by atoms with van der Waals surface area (Å²) in [5.74, 6) is 1.20. The van der Waals surface area contributed by atoms with Crippen LogP contribution in [-0.2, 0) is 0 Å². The Morgan fingerprint density at radius 1 is 1.29 bits per heavy atom. The van der Waals surface area contributed by atoms with Gasteiger partial charge in [0, 0.05) is 27.6 Å². The zero-order chi connectivity index (χ0) is 15.4. The van der Waals surface area contributed by atoms with Crippen LogP contribution in [0.4, 0.5) is 8.78 Å². The Morgan fingerprint density at radius 2 is 2.00 bits per heavy atom. The number of hydrogen-bond acceptors (Lipinski definition) is 3. The van der Waals surface area contributed by atoms with Crippen LogP contribution in [0.15, 0.2) is 16.6 Å². The van der Waals surface area contributed by atoms with E-state index < -0.39 is 11.6 Å². The second-order valence-electron chi connectivity index (χ2n) is 4.95. The van der Waals surface area contributed by atoms with Crippen LogP contribution in [0.25, 0.3) is 0 Å². The number of hydrogen-bond donors (Lipinski definition) is 1. The molecule has 1 fully saturated rings. The molecule has 118 valence electrons. The highest BCUT2D eigenvalue weighted by atomic mass is 79.9. The van der Waals surface area contributed by atoms with E-state index in [1.807, 2.05) is 30.4 Å². The molecule has 2 rings (SSSR count). The van der Waals surface area contributed by atoms with Gasteiger partial charge in [-0.1, -0.05) is 13.8 Å². The summed E-state index contributed by atoms with van der Waals surface area (Å²) in [4.78, 5) is 0. The third-order valence-electron chi connectivity index (χ3n) is 3.64. The Morgan fingerprint density at radius 3 is 2.67 bits per heavy atom. The quantitative estimate of drug-likeness (QED) is 0.703. The van der Waals surface area contributed by atoms with Crippen molar-refractivity contribution in [3.05, 3.63) is 33.8 Å². The highest BCUT2D eigenvalue weighted by molar-refractivity contribution is 9.10. The molecule has 0 radical (unpaired) electrons. The van der Waals surface area contributed by atoms with Crippen molar-refractivity contribution in [2.75, 3.05) is 18.1 Å². The third-order valence-corrected chi connectivity index (χ3v) is 7.60. The summed E-state index contributed by atoms with van der Waals surface area (Å²) in [7, 11) is 0. The molecule has 1 aromatic carbocycles. The molecule has 1 N–H and O–H groups in total. The first-order valence-corrected chi connectivity index (χ1v) is 10.1. The zero-order valence-corrected chi connectivity index (χ0v) is 15.4. The van der Waals surface area contributed by atoms with Crippen LogP contribution in [0.2, 0.25) is 0 Å². The Kier molecular flexibility index (Phi) is 6.84. The number of thioether (sulfide) groups is 2. The Bertz CT molecular complexity index is 487. The highest BCUT2D eigenvalue weighted by Crippen LogP contribution is 2.42. The van der Waals surface area contributed by atoms with Crippen molar-refractivity contribution in [2.45, 2.75) is 36.8 Å². The van der Waals surface area contributed by atoms with Gasteiger partial charge in [-0.25, -0.2) is 8.78 Å². The summed E-state index contributed by atoms with van der Waals surface area (Å²) >= 11 is 6.92. The van der Waals surface area contributed by atoms with Gasteiger partial charge in [0.05, 0.1) is 10.5 Å². The van der Waals surface area contributed by atoms with E-state index in [1.165, 1.54) is 12.1 Å². The molecule has 21 heavy (non-hydrogen) atoms. The fraction of sp³-hybridized carbons (Fsp3) is 0.600. The monoisotopic (exact) mass is 395 g/mol. The van der Waals surface area contributed by atoms with Crippen LogP contribution in [0.1, 0.15) is 31.9 Å². The van der Waals surface area contributed by atoms with Crippen LogP contribution in [-0.4, -0.2) is 28.6 Å². The zero-order valence-electron chi connectivity index (χ0n) is 12.2. The van der Waals surface area contributed by atoms with Gasteiger partial charge in [-0.05, 0) is 41.0 Å². The summed E-state index contributed by atoms with van der Waals surface area (Å²) in [6, 6.07) is 2.47. The van der Waals surface area contributed by atoms with Crippen molar-refractivity contribution in [2.24, 2.45) is 0 Å². The molecule has 0 aromatic heterocycles. The first-order chi connectivity index (χ1) is 10.1. The first kappa shape index (κ1) is 17.6. The summed E-state index contributed by atoms with van der Waals surface area (Å²) < 4.78 is 29.1. The minimum atomic E-state index is -0.480. The van der Waals surface area contributed by atoms with E-state index in [1.54, 1.807) is 0 Å². The maximum absolute atomic E-state index is 14.5. The largest absolute Gasteiger partial charge is 0.309 e. The van der Waals surface area contributed by atoms with Gasteiger partial charge in [0.2, 0.25) is 0 Å². The molecular formula is C15H20BrF2NS2. The lowest BCUT2D eigenvalue weighted by Crippen LogP contribution is -2.39. The Balaban J connectivity index is 2.41. The van der Waals surface area contributed by atoms with E-state index in [9.17, 15) is 8.78 Å². The van der Waals surface area contributed by atoms with Crippen molar-refractivity contribution in [1.82, 2.24) is 5.32 Å². The lowest BCUT2D eigenvalue weighted by molar-refractivity contribution is 0.453. The van der Waals surface area contributed by atoms with Gasteiger partial charge in [-0.3, -0.25) is 0 Å². The Hall–Kier alpha value is 0.220. The van der Waals surface area contributed by atoms with E-state index in [4.69, 9.17) is 0 Å². The van der Waals surface area contributed by atoms with Crippen LogP contribution in [0.3, 0.4) is 0 Å². The average Bonchev–Trinajstić information content (AvgIpc) is 2.50. The molecule has 6 heteroatoms. The number of benzene rings is 1. The summed E-state index contributed by atoms with van der Waals surface area (Å²) in [5, 5.41) is 3.92. The van der Waals surface area contributed by atoms with Crippen LogP contribution in [0, 0.1) is 11.6 Å². The lowest BCUT2D eigenvalue weighted by Gasteiger charge is -2.36. The van der Waals surface area contributed by atoms with Gasteiger partial charge >= 0.3 is 0 Å². The van der Waals surface area contributed by atoms with E-state index in [0.717, 1.165) is 17.9 Å². The van der Waals surface area contributed by atoms with E-state index >= 15 is 0 Å². The van der Waals surface area contributed by atoms with Gasteiger partial charge in [0.1, 0.15) is 11.6 Å². The Labute approximate surface area is 142 Å². The minimum absolute atomic E-state index is 0.171. The molecule has 0 saturated carbocycles. The lowest BCUT2D eigenvalue weighted by atomic mass is 9.99. The fourth-order valence-electron chi connectivity index (χ4n) is 2.68. The van der Waals surface area contributed by atoms with Crippen molar-refractivity contribution in [3.63, 3.8) is 0 Å². The van der Waals surface area contributed by atoms with Gasteiger partial charge in [0.25, 0.3) is 0 Å². The molecule has 3 atom stereocenters. The first-order valence-electron chi connectivity index (χ1n) is 7.20. The second-order valence-corrected chi connectivity index (χ2v) is 8.43. The molecule has 1 nitrogen and oxygen atoms in total. The van der Waals surface area contributed by atoms with Crippen molar-refractivity contribution >= 4 is 39.5 Å². The van der Waals surface area contributed by atoms with Crippen LogP contribution in [0.5, 0.6) is 0 Å². The topological polar surface area (TPSA) is 12.0 Å². The van der Waals surface area contributed by atoms with Crippen LogP contribution < -0.4 is 5.32 Å². The number of rotatable bonds is 5. The van der Waals surface area contributed by atoms with Gasteiger partial charge in [-0.15, -0.1) is 0 Å². The summed E-state index contributed by atoms with van der Waals surface area (Å²) in [6.45, 7) is 4.81. The predicted octanol–water partition coefficient (Wildman–Crippen LogP) is 5.01. The van der Waals surface area contributed by atoms with Gasteiger partial charge in [0.15, 0.2) is 0 Å². The molecule has 0 amide bonds. The number of nitrogens with one attached hydrogen (secondary N) is 1. The van der Waals surface area contributed by atoms with E-state index in [-0.39, 0.29) is 16.9 Å². The van der Waals surface area contributed by atoms with Gasteiger partial charge < -0.3 is 5.32 Å². The minimum Gasteiger partial charge on any atom is -0.309 e. The van der Waals surface area contributed by atoms with Crippen molar-refractivity contribution < 1.29 is 8.78 Å². The second kappa shape index (κ2) is 8.18. The van der Waals surface area contributed by atoms with Gasteiger partial charge in [-0.2, -0.15) is 23.5 Å². The molecule has 1 heterocycles. The molecular weight excluding hydrogens is 376 g/mol. The predicted molar refractivity (Wildman–Crippen MR) is 93.3 cm³/mol. The molecule has 1 aromatic rings. The third kappa shape index (κ3) is 3.95. The standard InChI is InChI=1S/C15H20BrF2NS2/c1-3-11-15(21-8-7-20-11)14(19-4-2)12-10(17)6-5-9(16)13(12)18/h5-6,11,14-15,19H,3-4,7-8H2,1-2H3. The SMILES string of the molecule is CCNC(c1c(F)ccc(Br)c1F)C1SCCSC1CC. The average molecular weight is 396 g/mol. The maximum atomic E-state index is 14.5. The summed E-state index contributed by atoms with van der Waals surface area (Å²) in [5.41, 5.74) is 0.171. The molecule has 1 aliphatic rings. The van der Waals surface area contributed by atoms with Crippen molar-refractivity contribution in [3.8, 4) is 0 Å². The van der Waals surface area contributed by atoms with Crippen molar-refractivity contribution in [1.29, 1.82) is 0 Å². The molecule has 0 bridgehead atoms. The fourth-order valence-corrected chi connectivity index (χ4v) is 6.25. The highest BCUT2D eigenvalue weighted by Gasteiger charge is 2.35. The van der Waals surface area contributed by atoms with E-state index in [0.29, 0.717) is 16.3 Å². The molecule has 1 saturated heterocycles. The number of halogens is 3. The maximum Gasteiger partial charge on any atom is 0.145 e. The normalized spacial score (nSPS) is 24.0. The molecule has 0 aliphatic carbocycles. The van der Waals surface area contributed by atoms with E-state index in [2.05, 4.69) is 28.2 Å². The summed E-state index contributed by atoms with van der Waals surface area (Å²) in [6.07, 6.45) is 1.02.